The molecular formula is C14H15N3. The van der Waals surface area contributed by atoms with Gasteiger partial charge in [-0.05, 0) is 31.2 Å². The monoisotopic (exact) mass is 225 g/mol. The second kappa shape index (κ2) is 4.17. The summed E-state index contributed by atoms with van der Waals surface area (Å²) >= 11 is 0. The van der Waals surface area contributed by atoms with Crippen LogP contribution in [0.4, 0.5) is 5.82 Å². The Hall–Kier alpha value is -1.90. The number of hydrogen-bond acceptors (Lipinski definition) is 3. The number of nitrogen functional groups attached to an aromatic ring is 1. The lowest BCUT2D eigenvalue weighted by Gasteiger charge is -2.19. The predicted octanol–water partition coefficient (Wildman–Crippen LogP) is 2.60. The number of fused-ring (bicyclic) bond motifs is 1. The topological polar surface area (TPSA) is 51.8 Å². The van der Waals surface area contributed by atoms with Gasteiger partial charge in [0.1, 0.15) is 5.82 Å². The van der Waals surface area contributed by atoms with Crippen LogP contribution < -0.4 is 5.73 Å². The molecule has 2 aromatic rings. The summed E-state index contributed by atoms with van der Waals surface area (Å²) in [5, 5.41) is 8.38. The second-order valence-corrected chi connectivity index (χ2v) is 4.46. The van der Waals surface area contributed by atoms with E-state index in [2.05, 4.69) is 22.3 Å². The van der Waals surface area contributed by atoms with Gasteiger partial charge in [0, 0.05) is 11.1 Å². The Bertz CT molecular complexity index is 535. The molecular weight excluding hydrogens is 210 g/mol. The molecule has 2 N–H and O–H groups in total. The number of hydrogen-bond donors (Lipinski definition) is 1. The van der Waals surface area contributed by atoms with E-state index in [0.717, 1.165) is 24.1 Å². The summed E-state index contributed by atoms with van der Waals surface area (Å²) in [6.45, 7) is 0. The molecule has 17 heavy (non-hydrogen) atoms. The van der Waals surface area contributed by atoms with Crippen molar-refractivity contribution >= 4 is 5.82 Å². The average molecular weight is 225 g/mol. The molecule has 1 heterocycles. The van der Waals surface area contributed by atoms with E-state index in [1.165, 1.54) is 24.0 Å². The molecule has 1 aromatic heterocycles. The van der Waals surface area contributed by atoms with Crippen LogP contribution in [0.25, 0.3) is 11.3 Å². The van der Waals surface area contributed by atoms with Gasteiger partial charge < -0.3 is 5.73 Å². The van der Waals surface area contributed by atoms with Crippen molar-refractivity contribution in [2.24, 2.45) is 0 Å². The smallest absolute Gasteiger partial charge is 0.149 e. The van der Waals surface area contributed by atoms with Crippen LogP contribution in [0.15, 0.2) is 30.3 Å². The largest absolute Gasteiger partial charge is 0.382 e. The molecule has 0 radical (unpaired) electrons. The minimum Gasteiger partial charge on any atom is -0.382 e. The molecule has 1 aliphatic carbocycles. The Morgan fingerprint density at radius 2 is 1.59 bits per heavy atom. The van der Waals surface area contributed by atoms with Crippen LogP contribution in [-0.4, -0.2) is 10.2 Å². The van der Waals surface area contributed by atoms with E-state index >= 15 is 0 Å². The fourth-order valence-corrected chi connectivity index (χ4v) is 2.50. The van der Waals surface area contributed by atoms with Crippen molar-refractivity contribution in [3.8, 4) is 11.3 Å². The van der Waals surface area contributed by atoms with E-state index in [1.54, 1.807) is 0 Å². The van der Waals surface area contributed by atoms with Crippen LogP contribution in [0.2, 0.25) is 0 Å². The van der Waals surface area contributed by atoms with E-state index in [1.807, 2.05) is 18.2 Å². The van der Waals surface area contributed by atoms with E-state index in [9.17, 15) is 0 Å². The maximum absolute atomic E-state index is 5.91. The molecule has 3 rings (SSSR count). The summed E-state index contributed by atoms with van der Waals surface area (Å²) in [5.41, 5.74) is 10.6. The molecule has 1 aromatic carbocycles. The number of nitrogens with zero attached hydrogens (tertiary/aromatic N) is 2. The lowest BCUT2D eigenvalue weighted by Crippen LogP contribution is -2.11. The molecule has 0 spiro atoms. The Morgan fingerprint density at radius 3 is 2.35 bits per heavy atom. The molecule has 0 bridgehead atoms. The fourth-order valence-electron chi connectivity index (χ4n) is 2.50. The Labute approximate surface area is 101 Å². The molecule has 1 aliphatic rings. The van der Waals surface area contributed by atoms with Gasteiger partial charge in [-0.3, -0.25) is 0 Å². The van der Waals surface area contributed by atoms with Crippen molar-refractivity contribution in [3.63, 3.8) is 0 Å². The standard InChI is InChI=1S/C14H15N3/c15-14-12-9-5-4-8-11(12)13(16-17-14)10-6-2-1-3-7-10/h1-3,6-7H,4-5,8-9H2,(H2,15,17). The van der Waals surface area contributed by atoms with E-state index in [-0.39, 0.29) is 0 Å². The molecule has 0 unspecified atom stereocenters. The highest BCUT2D eigenvalue weighted by molar-refractivity contribution is 5.66. The SMILES string of the molecule is Nc1nnc(-c2ccccc2)c2c1CCCC2. The molecule has 86 valence electrons. The van der Waals surface area contributed by atoms with Gasteiger partial charge in [-0.25, -0.2) is 0 Å². The molecule has 3 nitrogen and oxygen atoms in total. The van der Waals surface area contributed by atoms with E-state index < -0.39 is 0 Å². The van der Waals surface area contributed by atoms with Gasteiger partial charge in [0.15, 0.2) is 0 Å². The van der Waals surface area contributed by atoms with Crippen molar-refractivity contribution in [1.29, 1.82) is 0 Å². The quantitative estimate of drug-likeness (QED) is 0.811. The number of rotatable bonds is 1. The molecule has 0 saturated heterocycles. The summed E-state index contributed by atoms with van der Waals surface area (Å²) in [4.78, 5) is 0. The maximum atomic E-state index is 5.91. The average Bonchev–Trinajstić information content (AvgIpc) is 2.41. The van der Waals surface area contributed by atoms with Crippen molar-refractivity contribution in [2.75, 3.05) is 5.73 Å². The maximum Gasteiger partial charge on any atom is 0.149 e. The summed E-state index contributed by atoms with van der Waals surface area (Å²) < 4.78 is 0. The fraction of sp³-hybridized carbons (Fsp3) is 0.286. The summed E-state index contributed by atoms with van der Waals surface area (Å²) in [7, 11) is 0. The molecule has 0 amide bonds. The highest BCUT2D eigenvalue weighted by Gasteiger charge is 2.18. The van der Waals surface area contributed by atoms with Crippen LogP contribution in [0.3, 0.4) is 0 Å². The molecule has 0 saturated carbocycles. The third kappa shape index (κ3) is 1.78. The van der Waals surface area contributed by atoms with Gasteiger partial charge >= 0.3 is 0 Å². The number of benzene rings is 1. The first-order valence-corrected chi connectivity index (χ1v) is 6.05. The zero-order valence-electron chi connectivity index (χ0n) is 9.69. The number of aromatic nitrogens is 2. The first-order valence-electron chi connectivity index (χ1n) is 6.05. The first-order chi connectivity index (χ1) is 8.36. The lowest BCUT2D eigenvalue weighted by atomic mass is 9.89. The van der Waals surface area contributed by atoms with Gasteiger partial charge in [-0.1, -0.05) is 30.3 Å². The van der Waals surface area contributed by atoms with Crippen molar-refractivity contribution in [3.05, 3.63) is 41.5 Å². The molecule has 0 aliphatic heterocycles. The van der Waals surface area contributed by atoms with Gasteiger partial charge in [0.2, 0.25) is 0 Å². The summed E-state index contributed by atoms with van der Waals surface area (Å²) in [5.74, 6) is 0.611. The predicted molar refractivity (Wildman–Crippen MR) is 68.5 cm³/mol. The van der Waals surface area contributed by atoms with Crippen LogP contribution in [0, 0.1) is 0 Å². The number of nitrogens with two attached hydrogens (primary N) is 1. The number of anilines is 1. The molecule has 3 heteroatoms. The van der Waals surface area contributed by atoms with Crippen molar-refractivity contribution in [2.45, 2.75) is 25.7 Å². The van der Waals surface area contributed by atoms with Gasteiger partial charge in [0.05, 0.1) is 5.69 Å². The minimum atomic E-state index is 0.611. The highest BCUT2D eigenvalue weighted by atomic mass is 15.1. The minimum absolute atomic E-state index is 0.611. The third-order valence-electron chi connectivity index (χ3n) is 3.37. The van der Waals surface area contributed by atoms with Gasteiger partial charge in [0.25, 0.3) is 0 Å². The van der Waals surface area contributed by atoms with Crippen LogP contribution in [-0.2, 0) is 12.8 Å². The molecule has 0 fully saturated rings. The van der Waals surface area contributed by atoms with Gasteiger partial charge in [-0.15, -0.1) is 10.2 Å². The van der Waals surface area contributed by atoms with E-state index in [4.69, 9.17) is 5.73 Å². The van der Waals surface area contributed by atoms with Crippen LogP contribution in [0.1, 0.15) is 24.0 Å². The summed E-state index contributed by atoms with van der Waals surface area (Å²) in [6.07, 6.45) is 4.53. The van der Waals surface area contributed by atoms with Crippen LogP contribution in [0.5, 0.6) is 0 Å². The first kappa shape index (κ1) is 10.3. The zero-order valence-corrected chi connectivity index (χ0v) is 9.69. The van der Waals surface area contributed by atoms with Crippen LogP contribution >= 0.6 is 0 Å². The Kier molecular flexibility index (Phi) is 2.52. The zero-order chi connectivity index (χ0) is 11.7. The summed E-state index contributed by atoms with van der Waals surface area (Å²) in [6, 6.07) is 10.2. The van der Waals surface area contributed by atoms with E-state index in [0.29, 0.717) is 5.82 Å². The molecule has 0 atom stereocenters. The van der Waals surface area contributed by atoms with Crippen molar-refractivity contribution < 1.29 is 0 Å². The lowest BCUT2D eigenvalue weighted by molar-refractivity contribution is 0.679. The highest BCUT2D eigenvalue weighted by Crippen LogP contribution is 2.31. The third-order valence-corrected chi connectivity index (χ3v) is 3.37. The van der Waals surface area contributed by atoms with Crippen molar-refractivity contribution in [1.82, 2.24) is 10.2 Å². The normalized spacial score (nSPS) is 14.4. The van der Waals surface area contributed by atoms with Gasteiger partial charge in [-0.2, -0.15) is 0 Å². The Balaban J connectivity index is 2.18. The Morgan fingerprint density at radius 1 is 0.882 bits per heavy atom. The second-order valence-electron chi connectivity index (χ2n) is 4.46.